The number of likely N-dealkylation sites (tertiary alicyclic amines) is 1. The van der Waals surface area contributed by atoms with Crippen LogP contribution in [-0.2, 0) is 4.79 Å². The summed E-state index contributed by atoms with van der Waals surface area (Å²) >= 11 is 0. The maximum absolute atomic E-state index is 12.1. The van der Waals surface area contributed by atoms with E-state index in [1.807, 2.05) is 0 Å². The molecule has 0 aromatic heterocycles. The van der Waals surface area contributed by atoms with Crippen molar-refractivity contribution in [3.63, 3.8) is 0 Å². The molecule has 1 unspecified atom stereocenters. The second-order valence-electron chi connectivity index (χ2n) is 4.92. The average Bonchev–Trinajstić information content (AvgIpc) is 2.94. The summed E-state index contributed by atoms with van der Waals surface area (Å²) in [6.45, 7) is 0.813. The van der Waals surface area contributed by atoms with Crippen LogP contribution in [0, 0.1) is 5.92 Å². The molecule has 1 fully saturated rings. The van der Waals surface area contributed by atoms with Gasteiger partial charge in [-0.3, -0.25) is 0 Å². The number of amides is 2. The molecule has 0 bridgehead atoms. The van der Waals surface area contributed by atoms with Crippen LogP contribution in [0.4, 0.5) is 10.5 Å². The summed E-state index contributed by atoms with van der Waals surface area (Å²) in [5, 5.41) is 20.4. The lowest BCUT2D eigenvalue weighted by Crippen LogP contribution is -2.33. The summed E-state index contributed by atoms with van der Waals surface area (Å²) < 4.78 is 5.05. The number of urea groups is 1. The first kappa shape index (κ1) is 15.1. The number of aliphatic hydroxyl groups excluding tert-OH is 1. The van der Waals surface area contributed by atoms with Crippen LogP contribution in [-0.4, -0.2) is 53.4 Å². The van der Waals surface area contributed by atoms with Crippen LogP contribution >= 0.6 is 0 Å². The van der Waals surface area contributed by atoms with Crippen molar-refractivity contribution in [1.29, 1.82) is 0 Å². The number of aliphatic carboxylic acids is 1. The molecule has 1 aromatic carbocycles. The summed E-state index contributed by atoms with van der Waals surface area (Å²) in [5.74, 6) is -0.539. The standard InChI is InChI=1S/C14H18N2O5/c17-8-10-4-5-16(7-10)14(20)15-11-2-1-3-12(6-11)21-9-13(18)19/h1-3,6,10,17H,4-5,7-9H2,(H,15,20)(H,18,19). The molecule has 114 valence electrons. The lowest BCUT2D eigenvalue weighted by atomic mass is 10.1. The summed E-state index contributed by atoms with van der Waals surface area (Å²) in [4.78, 5) is 24.1. The zero-order chi connectivity index (χ0) is 15.2. The Morgan fingerprint density at radius 1 is 1.43 bits per heavy atom. The van der Waals surface area contributed by atoms with Gasteiger partial charge in [0.2, 0.25) is 0 Å². The summed E-state index contributed by atoms with van der Waals surface area (Å²) in [7, 11) is 0. The fraction of sp³-hybridized carbons (Fsp3) is 0.429. The van der Waals surface area contributed by atoms with Crippen LogP contribution in [0.15, 0.2) is 24.3 Å². The number of benzene rings is 1. The topological polar surface area (TPSA) is 99.1 Å². The van der Waals surface area contributed by atoms with E-state index in [-0.39, 0.29) is 18.6 Å². The molecule has 2 rings (SSSR count). The van der Waals surface area contributed by atoms with Gasteiger partial charge in [-0.15, -0.1) is 0 Å². The first-order chi connectivity index (χ1) is 10.1. The maximum atomic E-state index is 12.1. The van der Waals surface area contributed by atoms with E-state index in [4.69, 9.17) is 14.9 Å². The molecule has 7 heteroatoms. The normalized spacial score (nSPS) is 17.6. The van der Waals surface area contributed by atoms with Crippen molar-refractivity contribution in [2.75, 3.05) is 31.6 Å². The van der Waals surface area contributed by atoms with Crippen molar-refractivity contribution >= 4 is 17.7 Å². The number of anilines is 1. The lowest BCUT2D eigenvalue weighted by molar-refractivity contribution is -0.139. The van der Waals surface area contributed by atoms with E-state index in [0.29, 0.717) is 24.5 Å². The average molecular weight is 294 g/mol. The molecular weight excluding hydrogens is 276 g/mol. The molecule has 3 N–H and O–H groups in total. The first-order valence-electron chi connectivity index (χ1n) is 6.70. The van der Waals surface area contributed by atoms with Gasteiger partial charge in [-0.25, -0.2) is 9.59 Å². The highest BCUT2D eigenvalue weighted by molar-refractivity contribution is 5.89. The number of hydrogen-bond donors (Lipinski definition) is 3. The van der Waals surface area contributed by atoms with E-state index >= 15 is 0 Å². The summed E-state index contributed by atoms with van der Waals surface area (Å²) in [6, 6.07) is 6.33. The van der Waals surface area contributed by atoms with Gasteiger partial charge < -0.3 is 25.2 Å². The number of carbonyl (C=O) groups excluding carboxylic acids is 1. The maximum Gasteiger partial charge on any atom is 0.341 e. The third kappa shape index (κ3) is 4.35. The highest BCUT2D eigenvalue weighted by atomic mass is 16.5. The smallest absolute Gasteiger partial charge is 0.341 e. The molecule has 21 heavy (non-hydrogen) atoms. The Morgan fingerprint density at radius 3 is 2.90 bits per heavy atom. The van der Waals surface area contributed by atoms with Gasteiger partial charge in [0, 0.05) is 37.4 Å². The molecule has 1 aromatic rings. The molecule has 1 aliphatic heterocycles. The van der Waals surface area contributed by atoms with Crippen molar-refractivity contribution in [2.45, 2.75) is 6.42 Å². The molecule has 1 saturated heterocycles. The highest BCUT2D eigenvalue weighted by Crippen LogP contribution is 2.20. The van der Waals surface area contributed by atoms with Crippen molar-refractivity contribution in [1.82, 2.24) is 4.90 Å². The van der Waals surface area contributed by atoms with Gasteiger partial charge in [0.1, 0.15) is 5.75 Å². The Morgan fingerprint density at radius 2 is 2.24 bits per heavy atom. The second-order valence-corrected chi connectivity index (χ2v) is 4.92. The number of rotatable bonds is 5. The third-order valence-corrected chi connectivity index (χ3v) is 3.28. The lowest BCUT2D eigenvalue weighted by Gasteiger charge is -2.17. The van der Waals surface area contributed by atoms with Crippen molar-refractivity contribution in [3.05, 3.63) is 24.3 Å². The zero-order valence-electron chi connectivity index (χ0n) is 11.5. The van der Waals surface area contributed by atoms with Crippen molar-refractivity contribution < 1.29 is 24.5 Å². The molecular formula is C14H18N2O5. The Hall–Kier alpha value is -2.28. The predicted octanol–water partition coefficient (Wildman–Crippen LogP) is 0.996. The van der Waals surface area contributed by atoms with Gasteiger partial charge >= 0.3 is 12.0 Å². The fourth-order valence-electron chi connectivity index (χ4n) is 2.18. The van der Waals surface area contributed by atoms with Crippen LogP contribution < -0.4 is 10.1 Å². The molecule has 0 aliphatic carbocycles. The Bertz CT molecular complexity index is 520. The summed E-state index contributed by atoms with van der Waals surface area (Å²) in [5.41, 5.74) is 0.537. The number of aliphatic hydroxyl groups is 1. The highest BCUT2D eigenvalue weighted by Gasteiger charge is 2.25. The molecule has 1 heterocycles. The quantitative estimate of drug-likeness (QED) is 0.752. The Balaban J connectivity index is 1.91. The number of nitrogens with zero attached hydrogens (tertiary/aromatic N) is 1. The largest absolute Gasteiger partial charge is 0.482 e. The van der Waals surface area contributed by atoms with E-state index in [1.165, 1.54) is 0 Å². The van der Waals surface area contributed by atoms with Crippen molar-refractivity contribution in [3.8, 4) is 5.75 Å². The number of ether oxygens (including phenoxy) is 1. The minimum absolute atomic E-state index is 0.0856. The van der Waals surface area contributed by atoms with Gasteiger partial charge in [-0.2, -0.15) is 0 Å². The molecule has 2 amide bonds. The van der Waals surface area contributed by atoms with Gasteiger partial charge in [0.15, 0.2) is 6.61 Å². The molecule has 1 aliphatic rings. The minimum Gasteiger partial charge on any atom is -0.482 e. The van der Waals surface area contributed by atoms with Gasteiger partial charge in [0.25, 0.3) is 0 Å². The van der Waals surface area contributed by atoms with E-state index in [1.54, 1.807) is 29.2 Å². The van der Waals surface area contributed by atoms with Crippen LogP contribution in [0.2, 0.25) is 0 Å². The number of nitrogens with one attached hydrogen (secondary N) is 1. The first-order valence-corrected chi connectivity index (χ1v) is 6.70. The predicted molar refractivity (Wildman–Crippen MR) is 75.4 cm³/mol. The van der Waals surface area contributed by atoms with Crippen molar-refractivity contribution in [2.24, 2.45) is 5.92 Å². The monoisotopic (exact) mass is 294 g/mol. The second kappa shape index (κ2) is 6.94. The van der Waals surface area contributed by atoms with Crippen LogP contribution in [0.3, 0.4) is 0 Å². The van der Waals surface area contributed by atoms with Gasteiger partial charge in [0.05, 0.1) is 0 Å². The number of carboxylic acid groups (broad SMARTS) is 1. The molecule has 1 atom stereocenters. The molecule has 0 spiro atoms. The van der Waals surface area contributed by atoms with Gasteiger partial charge in [-0.05, 0) is 18.6 Å². The van der Waals surface area contributed by atoms with E-state index in [9.17, 15) is 9.59 Å². The fourth-order valence-corrected chi connectivity index (χ4v) is 2.18. The van der Waals surface area contributed by atoms with E-state index in [2.05, 4.69) is 5.32 Å². The van der Waals surface area contributed by atoms with E-state index < -0.39 is 12.6 Å². The third-order valence-electron chi connectivity index (χ3n) is 3.28. The summed E-state index contributed by atoms with van der Waals surface area (Å²) in [6.07, 6.45) is 0.797. The van der Waals surface area contributed by atoms with Gasteiger partial charge in [-0.1, -0.05) is 6.07 Å². The SMILES string of the molecule is O=C(O)COc1cccc(NC(=O)N2CCC(CO)C2)c1. The molecule has 0 saturated carbocycles. The van der Waals surface area contributed by atoms with E-state index in [0.717, 1.165) is 6.42 Å². The van der Waals surface area contributed by atoms with Crippen LogP contribution in [0.1, 0.15) is 6.42 Å². The molecule has 0 radical (unpaired) electrons. The molecule has 7 nitrogen and oxygen atoms in total. The minimum atomic E-state index is -1.06. The zero-order valence-corrected chi connectivity index (χ0v) is 11.5. The number of hydrogen-bond acceptors (Lipinski definition) is 4. The van der Waals surface area contributed by atoms with Crippen LogP contribution in [0.25, 0.3) is 0 Å². The van der Waals surface area contributed by atoms with Crippen LogP contribution in [0.5, 0.6) is 5.75 Å². The number of carbonyl (C=O) groups is 2. The Kier molecular flexibility index (Phi) is 4.99. The number of carboxylic acids is 1. The Labute approximate surface area is 122 Å².